The number of aliphatic hydroxyl groups is 1. The molecule has 62 valence electrons. The molecule has 3 nitrogen and oxygen atoms in total. The summed E-state index contributed by atoms with van der Waals surface area (Å²) >= 11 is 0. The number of ether oxygens (including phenoxy) is 1. The van der Waals surface area contributed by atoms with Crippen LogP contribution in [-0.4, -0.2) is 11.1 Å². The zero-order valence-corrected chi connectivity index (χ0v) is 6.59. The highest BCUT2D eigenvalue weighted by molar-refractivity contribution is 5.67. The van der Waals surface area contributed by atoms with Gasteiger partial charge in [0, 0.05) is 19.8 Å². The van der Waals surface area contributed by atoms with Crippen LogP contribution in [0.25, 0.3) is 0 Å². The number of hydrogen-bond donors (Lipinski definition) is 1. The lowest BCUT2D eigenvalue weighted by atomic mass is 10.0. The van der Waals surface area contributed by atoms with Crippen LogP contribution in [0.2, 0.25) is 0 Å². The molecule has 3 heteroatoms. The number of esters is 1. The predicted molar refractivity (Wildman–Crippen MR) is 39.9 cm³/mol. The maximum absolute atomic E-state index is 10.5. The molecule has 1 aliphatic carbocycles. The summed E-state index contributed by atoms with van der Waals surface area (Å²) in [5, 5.41) is 9.22. The van der Waals surface area contributed by atoms with Crippen molar-refractivity contribution in [1.82, 2.24) is 0 Å². The van der Waals surface area contributed by atoms with Gasteiger partial charge in [-0.25, -0.2) is 0 Å². The minimum absolute atomic E-state index is 0.242. The third-order valence-corrected chi connectivity index (χ3v) is 1.66. The smallest absolute Gasteiger partial charge is 0.307 e. The van der Waals surface area contributed by atoms with Crippen molar-refractivity contribution in [3.8, 4) is 0 Å². The molecule has 0 bridgehead atoms. The lowest BCUT2D eigenvalue weighted by Crippen LogP contribution is -2.06. The Bertz CT molecular complexity index is 194. The maximum Gasteiger partial charge on any atom is 0.307 e. The number of aliphatic hydroxyl groups excluding tert-OH is 1. The van der Waals surface area contributed by atoms with Crippen molar-refractivity contribution in [2.45, 2.75) is 32.6 Å². The molecule has 0 aliphatic heterocycles. The number of allylic oxidation sites excluding steroid dienone is 2. The van der Waals surface area contributed by atoms with E-state index >= 15 is 0 Å². The summed E-state index contributed by atoms with van der Waals surface area (Å²) in [5.41, 5.74) is 0. The van der Waals surface area contributed by atoms with Gasteiger partial charge < -0.3 is 9.84 Å². The number of carbonyl (C=O) groups is 1. The summed E-state index contributed by atoms with van der Waals surface area (Å²) in [6.45, 7) is 1.34. The van der Waals surface area contributed by atoms with Crippen LogP contribution in [0, 0.1) is 0 Å². The molecule has 0 radical (unpaired) electrons. The first-order chi connectivity index (χ1) is 5.20. The molecule has 0 aromatic heterocycles. The van der Waals surface area contributed by atoms with E-state index in [1.54, 1.807) is 0 Å². The van der Waals surface area contributed by atoms with Crippen molar-refractivity contribution in [1.29, 1.82) is 0 Å². The molecule has 0 atom stereocenters. The molecule has 1 aliphatic rings. The van der Waals surface area contributed by atoms with Crippen molar-refractivity contribution >= 4 is 5.97 Å². The Kier molecular flexibility index (Phi) is 2.52. The minimum Gasteiger partial charge on any atom is -0.509 e. The standard InChI is InChI=1S/C8H12O3/c1-6(9)11-8-5-3-2-4-7(8)10/h10H,2-5H2,1H3. The normalized spacial score (nSPS) is 18.3. The van der Waals surface area contributed by atoms with Gasteiger partial charge in [-0.1, -0.05) is 0 Å². The van der Waals surface area contributed by atoms with Gasteiger partial charge in [0.1, 0.15) is 11.5 Å². The monoisotopic (exact) mass is 156 g/mol. The van der Waals surface area contributed by atoms with Gasteiger partial charge in [-0.15, -0.1) is 0 Å². The van der Waals surface area contributed by atoms with Gasteiger partial charge in [0.25, 0.3) is 0 Å². The van der Waals surface area contributed by atoms with E-state index in [2.05, 4.69) is 0 Å². The van der Waals surface area contributed by atoms with E-state index < -0.39 is 0 Å². The van der Waals surface area contributed by atoms with E-state index in [-0.39, 0.29) is 11.7 Å². The van der Waals surface area contributed by atoms with Gasteiger partial charge >= 0.3 is 5.97 Å². The van der Waals surface area contributed by atoms with Gasteiger partial charge in [0.05, 0.1) is 0 Å². The molecular weight excluding hydrogens is 144 g/mol. The van der Waals surface area contributed by atoms with Crippen molar-refractivity contribution < 1.29 is 14.6 Å². The summed E-state index contributed by atoms with van der Waals surface area (Å²) in [7, 11) is 0. The van der Waals surface area contributed by atoms with Crippen molar-refractivity contribution in [2.24, 2.45) is 0 Å². The van der Waals surface area contributed by atoms with Gasteiger partial charge in [-0.3, -0.25) is 4.79 Å². The van der Waals surface area contributed by atoms with Crippen LogP contribution in [-0.2, 0) is 9.53 Å². The average Bonchev–Trinajstić information content (AvgIpc) is 1.93. The lowest BCUT2D eigenvalue weighted by molar-refractivity contribution is -0.137. The molecule has 1 N–H and O–H groups in total. The minimum atomic E-state index is -0.353. The topological polar surface area (TPSA) is 46.5 Å². The van der Waals surface area contributed by atoms with Crippen LogP contribution >= 0.6 is 0 Å². The Hall–Kier alpha value is -0.990. The molecular formula is C8H12O3. The van der Waals surface area contributed by atoms with Crippen LogP contribution in [0.4, 0.5) is 0 Å². The number of carbonyl (C=O) groups excluding carboxylic acids is 1. The maximum atomic E-state index is 10.5. The van der Waals surface area contributed by atoms with Gasteiger partial charge in [-0.05, 0) is 12.8 Å². The molecule has 0 fully saturated rings. The zero-order valence-electron chi connectivity index (χ0n) is 6.59. The van der Waals surface area contributed by atoms with Crippen LogP contribution in [0.15, 0.2) is 11.5 Å². The molecule has 0 saturated carbocycles. The van der Waals surface area contributed by atoms with Crippen molar-refractivity contribution in [2.75, 3.05) is 0 Å². The summed E-state index contributed by atoms with van der Waals surface area (Å²) < 4.78 is 4.79. The van der Waals surface area contributed by atoms with E-state index in [4.69, 9.17) is 4.74 Å². The highest BCUT2D eigenvalue weighted by Gasteiger charge is 2.14. The van der Waals surface area contributed by atoms with Crippen LogP contribution in [0.1, 0.15) is 32.6 Å². The highest BCUT2D eigenvalue weighted by Crippen LogP contribution is 2.23. The molecule has 0 spiro atoms. The summed E-state index contributed by atoms with van der Waals surface area (Å²) in [4.78, 5) is 10.5. The first kappa shape index (κ1) is 8.11. The largest absolute Gasteiger partial charge is 0.509 e. The molecule has 0 amide bonds. The fraction of sp³-hybridized carbons (Fsp3) is 0.625. The molecule has 11 heavy (non-hydrogen) atoms. The van der Waals surface area contributed by atoms with E-state index in [1.165, 1.54) is 6.92 Å². The SMILES string of the molecule is CC(=O)OC1=C(O)CCCC1. The molecule has 0 heterocycles. The zero-order chi connectivity index (χ0) is 8.27. The lowest BCUT2D eigenvalue weighted by Gasteiger charge is -2.14. The summed E-state index contributed by atoms with van der Waals surface area (Å²) in [6, 6.07) is 0. The van der Waals surface area contributed by atoms with Gasteiger partial charge in [0.15, 0.2) is 0 Å². The quantitative estimate of drug-likeness (QED) is 0.590. The highest BCUT2D eigenvalue weighted by atomic mass is 16.5. The second-order valence-corrected chi connectivity index (χ2v) is 2.67. The first-order valence-electron chi connectivity index (χ1n) is 3.79. The predicted octanol–water partition coefficient (Wildman–Crippen LogP) is 1.89. The van der Waals surface area contributed by atoms with E-state index in [0.29, 0.717) is 18.6 Å². The molecule has 0 unspecified atom stereocenters. The summed E-state index contributed by atoms with van der Waals surface area (Å²) in [5.74, 6) is 0.351. The summed E-state index contributed by atoms with van der Waals surface area (Å²) in [6.07, 6.45) is 3.30. The second-order valence-electron chi connectivity index (χ2n) is 2.67. The second kappa shape index (κ2) is 3.42. The fourth-order valence-electron chi connectivity index (χ4n) is 1.15. The van der Waals surface area contributed by atoms with Gasteiger partial charge in [0.2, 0.25) is 0 Å². The first-order valence-corrected chi connectivity index (χ1v) is 3.79. The molecule has 0 aromatic carbocycles. The van der Waals surface area contributed by atoms with E-state index in [0.717, 1.165) is 12.8 Å². The van der Waals surface area contributed by atoms with Crippen molar-refractivity contribution in [3.63, 3.8) is 0 Å². The van der Waals surface area contributed by atoms with Crippen LogP contribution in [0.3, 0.4) is 0 Å². The third kappa shape index (κ3) is 2.26. The number of rotatable bonds is 1. The Balaban J connectivity index is 2.59. The Morgan fingerprint density at radius 2 is 2.09 bits per heavy atom. The van der Waals surface area contributed by atoms with E-state index in [9.17, 15) is 9.90 Å². The Labute approximate surface area is 65.7 Å². The van der Waals surface area contributed by atoms with Crippen molar-refractivity contribution in [3.05, 3.63) is 11.5 Å². The van der Waals surface area contributed by atoms with Crippen LogP contribution < -0.4 is 0 Å². The van der Waals surface area contributed by atoms with Crippen LogP contribution in [0.5, 0.6) is 0 Å². The third-order valence-electron chi connectivity index (χ3n) is 1.66. The Morgan fingerprint density at radius 3 is 2.64 bits per heavy atom. The average molecular weight is 156 g/mol. The van der Waals surface area contributed by atoms with Gasteiger partial charge in [-0.2, -0.15) is 0 Å². The fourth-order valence-corrected chi connectivity index (χ4v) is 1.15. The molecule has 1 rings (SSSR count). The van der Waals surface area contributed by atoms with E-state index in [1.807, 2.05) is 0 Å². The molecule has 0 saturated heterocycles. The number of hydrogen-bond acceptors (Lipinski definition) is 3. The Morgan fingerprint density at radius 1 is 1.45 bits per heavy atom. The molecule has 0 aromatic rings.